The quantitative estimate of drug-likeness (QED) is 0.684. The van der Waals surface area contributed by atoms with E-state index in [1.807, 2.05) is 0 Å². The molecular weight excluding hydrogens is 378 g/mol. The van der Waals surface area contributed by atoms with E-state index < -0.39 is 7.26 Å². The number of rotatable bonds is 4. The summed E-state index contributed by atoms with van der Waals surface area (Å²) in [5.41, 5.74) is 4.81. The van der Waals surface area contributed by atoms with Gasteiger partial charge in [-0.25, -0.2) is 0 Å². The van der Waals surface area contributed by atoms with E-state index in [1.54, 1.807) is 0 Å². The fourth-order valence-corrected chi connectivity index (χ4v) is 8.42. The molecule has 1 aliphatic rings. The SMILES string of the molecule is CC[P+]1(C(C)C(=O)Nc2c(C)cc(C)cc2C)CCCCC1.[Y]. The van der Waals surface area contributed by atoms with Gasteiger partial charge in [-0.05, 0) is 65.0 Å². The molecular formula is C19H31NOPY+. The number of hydrogen-bond acceptors (Lipinski definition) is 1. The maximum absolute atomic E-state index is 12.9. The van der Waals surface area contributed by atoms with Crippen molar-refractivity contribution in [2.45, 2.75) is 59.5 Å². The van der Waals surface area contributed by atoms with Crippen molar-refractivity contribution in [2.24, 2.45) is 0 Å². The van der Waals surface area contributed by atoms with Crippen LogP contribution in [-0.2, 0) is 37.5 Å². The number of aryl methyl sites for hydroxylation is 3. The molecule has 1 atom stereocenters. The molecule has 0 saturated carbocycles. The van der Waals surface area contributed by atoms with Gasteiger partial charge in [-0.3, -0.25) is 4.79 Å². The largest absolute Gasteiger partial charge is 0.322 e. The molecule has 23 heavy (non-hydrogen) atoms. The molecule has 2 nitrogen and oxygen atoms in total. The second kappa shape index (κ2) is 9.07. The van der Waals surface area contributed by atoms with Crippen molar-refractivity contribution in [1.29, 1.82) is 0 Å². The molecule has 1 unspecified atom stereocenters. The van der Waals surface area contributed by atoms with Gasteiger partial charge in [-0.1, -0.05) is 17.7 Å². The second-order valence-corrected chi connectivity index (χ2v) is 11.7. The van der Waals surface area contributed by atoms with Gasteiger partial charge >= 0.3 is 0 Å². The summed E-state index contributed by atoms with van der Waals surface area (Å²) in [5, 5.41) is 3.25. The minimum atomic E-state index is -1.11. The third kappa shape index (κ3) is 4.87. The molecule has 1 heterocycles. The number of benzene rings is 1. The van der Waals surface area contributed by atoms with Gasteiger partial charge in [0.2, 0.25) is 0 Å². The van der Waals surface area contributed by atoms with E-state index >= 15 is 0 Å². The van der Waals surface area contributed by atoms with Gasteiger partial charge in [0.05, 0.1) is 18.5 Å². The van der Waals surface area contributed by atoms with Crippen molar-refractivity contribution >= 4 is 18.9 Å². The summed E-state index contributed by atoms with van der Waals surface area (Å²) in [7, 11) is -1.11. The molecule has 1 radical (unpaired) electrons. The van der Waals surface area contributed by atoms with Crippen LogP contribution in [0.2, 0.25) is 0 Å². The Balaban J connectivity index is 0.00000264. The minimum Gasteiger partial charge on any atom is -0.322 e. The van der Waals surface area contributed by atoms with Crippen LogP contribution in [0.4, 0.5) is 5.69 Å². The first kappa shape index (κ1) is 21.3. The summed E-state index contributed by atoms with van der Waals surface area (Å²) in [6, 6.07) is 4.30. The van der Waals surface area contributed by atoms with Gasteiger partial charge in [0.1, 0.15) is 5.66 Å². The van der Waals surface area contributed by atoms with E-state index in [-0.39, 0.29) is 44.3 Å². The van der Waals surface area contributed by atoms with Gasteiger partial charge in [0.15, 0.2) is 0 Å². The van der Waals surface area contributed by atoms with Crippen LogP contribution in [0.25, 0.3) is 0 Å². The fourth-order valence-electron chi connectivity index (χ4n) is 3.97. The molecule has 0 spiro atoms. The zero-order valence-electron chi connectivity index (χ0n) is 15.4. The molecule has 1 saturated heterocycles. The predicted molar refractivity (Wildman–Crippen MR) is 99.8 cm³/mol. The van der Waals surface area contributed by atoms with Crippen molar-refractivity contribution in [1.82, 2.24) is 0 Å². The summed E-state index contributed by atoms with van der Waals surface area (Å²) in [6.45, 7) is 10.8. The fraction of sp³-hybridized carbons (Fsp3) is 0.632. The van der Waals surface area contributed by atoms with E-state index in [1.165, 1.54) is 54.4 Å². The summed E-state index contributed by atoms with van der Waals surface area (Å²) in [4.78, 5) is 12.9. The number of carbonyl (C=O) groups excluding carboxylic acids is 1. The Labute approximate surface area is 167 Å². The predicted octanol–water partition coefficient (Wildman–Crippen LogP) is 5.16. The maximum Gasteiger partial charge on any atom is 0.264 e. The standard InChI is InChI=1S/C19H30NOP.Y/c1-6-22(10-8-7-9-11-22)17(5)19(21)20-18-15(3)12-14(2)13-16(18)4;/h12-13,17H,6-11H2,1-5H3;/p+1. The Morgan fingerprint density at radius 3 is 2.13 bits per heavy atom. The normalized spacial score (nSPS) is 18.0. The van der Waals surface area contributed by atoms with Crippen LogP contribution in [0.3, 0.4) is 0 Å². The molecule has 0 bridgehead atoms. The van der Waals surface area contributed by atoms with Crippen molar-refractivity contribution < 1.29 is 37.5 Å². The molecule has 0 aromatic heterocycles. The summed E-state index contributed by atoms with van der Waals surface area (Å²) in [6.07, 6.45) is 7.83. The summed E-state index contributed by atoms with van der Waals surface area (Å²) < 4.78 is 0. The Morgan fingerprint density at radius 1 is 1.13 bits per heavy atom. The zero-order chi connectivity index (χ0) is 16.3. The number of hydrogen-bond donors (Lipinski definition) is 1. The van der Waals surface area contributed by atoms with Crippen molar-refractivity contribution in [3.05, 3.63) is 28.8 Å². The number of anilines is 1. The van der Waals surface area contributed by atoms with Crippen molar-refractivity contribution in [2.75, 3.05) is 23.8 Å². The molecule has 0 aliphatic carbocycles. The van der Waals surface area contributed by atoms with Crippen molar-refractivity contribution in [3.8, 4) is 0 Å². The molecule has 1 amide bonds. The van der Waals surface area contributed by atoms with E-state index in [4.69, 9.17) is 0 Å². The smallest absolute Gasteiger partial charge is 0.264 e. The molecule has 1 N–H and O–H groups in total. The Kier molecular flexibility index (Phi) is 8.39. The van der Waals surface area contributed by atoms with Gasteiger partial charge < -0.3 is 5.32 Å². The number of carbonyl (C=O) groups is 1. The van der Waals surface area contributed by atoms with E-state index in [0.717, 1.165) is 5.69 Å². The van der Waals surface area contributed by atoms with Crippen LogP contribution < -0.4 is 5.32 Å². The first-order valence-corrected chi connectivity index (χ1v) is 11.1. The van der Waals surface area contributed by atoms with Crippen LogP contribution in [0, 0.1) is 20.8 Å². The van der Waals surface area contributed by atoms with Crippen molar-refractivity contribution in [3.63, 3.8) is 0 Å². The molecule has 1 aromatic rings. The van der Waals surface area contributed by atoms with Crippen LogP contribution in [0.15, 0.2) is 12.1 Å². The van der Waals surface area contributed by atoms with Crippen LogP contribution in [-0.4, -0.2) is 30.1 Å². The molecule has 4 heteroatoms. The maximum atomic E-state index is 12.9. The third-order valence-corrected chi connectivity index (χ3v) is 11.0. The van der Waals surface area contributed by atoms with E-state index in [2.05, 4.69) is 52.1 Å². The molecule has 2 rings (SSSR count). The summed E-state index contributed by atoms with van der Waals surface area (Å²) in [5.74, 6) is 0.243. The Bertz CT molecular complexity index is 529. The molecule has 1 fully saturated rings. The molecule has 1 aliphatic heterocycles. The monoisotopic (exact) mass is 409 g/mol. The minimum absolute atomic E-state index is 0. The van der Waals surface area contributed by atoms with Crippen LogP contribution >= 0.6 is 7.26 Å². The van der Waals surface area contributed by atoms with Crippen LogP contribution in [0.1, 0.15) is 49.8 Å². The first-order valence-electron chi connectivity index (χ1n) is 8.64. The number of nitrogens with one attached hydrogen (secondary N) is 1. The van der Waals surface area contributed by atoms with Crippen LogP contribution in [0.5, 0.6) is 0 Å². The first-order chi connectivity index (χ1) is 10.4. The zero-order valence-corrected chi connectivity index (χ0v) is 19.1. The topological polar surface area (TPSA) is 29.1 Å². The third-order valence-electron chi connectivity index (χ3n) is 5.46. The van der Waals surface area contributed by atoms with Gasteiger partial charge in [-0.2, -0.15) is 0 Å². The Hall–Kier alpha value is 0.224. The molecule has 1 aromatic carbocycles. The van der Waals surface area contributed by atoms with E-state index in [0.29, 0.717) is 0 Å². The average Bonchev–Trinajstić information content (AvgIpc) is 2.50. The average molecular weight is 409 g/mol. The van der Waals surface area contributed by atoms with Gasteiger partial charge in [-0.15, -0.1) is 0 Å². The van der Waals surface area contributed by atoms with Gasteiger partial charge in [0, 0.05) is 45.7 Å². The van der Waals surface area contributed by atoms with Gasteiger partial charge in [0.25, 0.3) is 5.91 Å². The Morgan fingerprint density at radius 2 is 1.65 bits per heavy atom. The summed E-state index contributed by atoms with van der Waals surface area (Å²) >= 11 is 0. The second-order valence-electron chi connectivity index (χ2n) is 6.98. The number of amides is 1. The molecule has 125 valence electrons. The van der Waals surface area contributed by atoms with E-state index in [9.17, 15) is 4.79 Å².